The summed E-state index contributed by atoms with van der Waals surface area (Å²) in [6, 6.07) is 5.65. The average molecular weight is 833 g/mol. The standard InChI is InChI=1S/C44H58F2N8O6/c1-44(60)23-13-17-34(44)54-39-29(26-31(38(45)46)41(54)58)27-47-42(50-39)48-30-21-24-52(25-22-30)36(56)18-11-9-7-5-3-4-6-8-10-14-28-15-12-16-32-37(28)51(2)43(59)53(32)33-19-20-35(55)49-40(33)57/h12,15-16,26-27,30,33-34,38,60H,3-11,13-14,17-25H2,1-2H3,(H,47,48,50)(H,49,55,57)/t33?,34-,44-/m1/s1. The van der Waals surface area contributed by atoms with E-state index >= 15 is 0 Å². The quantitative estimate of drug-likeness (QED) is 0.0806. The lowest BCUT2D eigenvalue weighted by molar-refractivity contribution is -0.136. The summed E-state index contributed by atoms with van der Waals surface area (Å²) < 4.78 is 32.0. The van der Waals surface area contributed by atoms with Crippen LogP contribution in [0.2, 0.25) is 0 Å². The van der Waals surface area contributed by atoms with E-state index in [1.165, 1.54) is 15.3 Å². The van der Waals surface area contributed by atoms with Gasteiger partial charge in [0, 0.05) is 50.6 Å². The number of hydrogen-bond acceptors (Lipinski definition) is 9. The van der Waals surface area contributed by atoms with Crippen molar-refractivity contribution in [3.8, 4) is 0 Å². The first-order valence-corrected chi connectivity index (χ1v) is 21.8. The van der Waals surface area contributed by atoms with E-state index in [9.17, 15) is 37.9 Å². The van der Waals surface area contributed by atoms with Gasteiger partial charge in [-0.25, -0.2) is 18.6 Å². The predicted molar refractivity (Wildman–Crippen MR) is 224 cm³/mol. The number of pyridine rings is 1. The van der Waals surface area contributed by atoms with Crippen LogP contribution < -0.4 is 21.9 Å². The van der Waals surface area contributed by atoms with Gasteiger partial charge < -0.3 is 15.3 Å². The maximum absolute atomic E-state index is 13.8. The van der Waals surface area contributed by atoms with Crippen LogP contribution in [0.3, 0.4) is 0 Å². The number of aliphatic hydroxyl groups is 1. The summed E-state index contributed by atoms with van der Waals surface area (Å²) in [5.74, 6) is -0.278. The fourth-order valence-electron chi connectivity index (χ4n) is 9.59. The molecule has 7 rings (SSSR count). The number of carbonyl (C=O) groups is 3. The number of para-hydroxylation sites is 1. The summed E-state index contributed by atoms with van der Waals surface area (Å²) in [5, 5.41) is 17.0. The number of benzene rings is 1. The number of alkyl halides is 2. The van der Waals surface area contributed by atoms with Gasteiger partial charge >= 0.3 is 5.69 Å². The monoisotopic (exact) mass is 832 g/mol. The van der Waals surface area contributed by atoms with Crippen LogP contribution in [0.1, 0.15) is 146 Å². The summed E-state index contributed by atoms with van der Waals surface area (Å²) in [6.45, 7) is 2.85. The molecule has 3 fully saturated rings. The molecule has 16 heteroatoms. The first-order valence-electron chi connectivity index (χ1n) is 21.8. The van der Waals surface area contributed by atoms with E-state index in [1.54, 1.807) is 18.5 Å². The van der Waals surface area contributed by atoms with Gasteiger partial charge in [-0.3, -0.25) is 38.2 Å². The topological polar surface area (TPSA) is 173 Å². The zero-order valence-corrected chi connectivity index (χ0v) is 34.8. The predicted octanol–water partition coefficient (Wildman–Crippen LogP) is 6.38. The van der Waals surface area contributed by atoms with Gasteiger partial charge in [-0.2, -0.15) is 4.98 Å². The number of likely N-dealkylation sites (tertiary alicyclic amines) is 1. The van der Waals surface area contributed by atoms with Crippen LogP contribution in [-0.4, -0.2) is 76.1 Å². The van der Waals surface area contributed by atoms with E-state index in [1.807, 2.05) is 23.1 Å². The summed E-state index contributed by atoms with van der Waals surface area (Å²) in [7, 11) is 1.74. The van der Waals surface area contributed by atoms with Crippen molar-refractivity contribution >= 4 is 45.7 Å². The molecule has 0 radical (unpaired) electrons. The second-order valence-electron chi connectivity index (χ2n) is 17.3. The molecule has 1 aliphatic carbocycles. The fraction of sp³-hybridized carbons (Fsp3) is 0.614. The molecule has 1 saturated carbocycles. The number of anilines is 1. The summed E-state index contributed by atoms with van der Waals surface area (Å²) >= 11 is 0. The number of imide groups is 1. The van der Waals surface area contributed by atoms with Gasteiger partial charge in [-0.1, -0.05) is 57.1 Å². The number of aryl methyl sites for hydroxylation is 2. The highest BCUT2D eigenvalue weighted by atomic mass is 19.3. The number of hydrogen-bond donors (Lipinski definition) is 3. The van der Waals surface area contributed by atoms with Crippen LogP contribution in [0.25, 0.3) is 22.1 Å². The number of imidazole rings is 1. The van der Waals surface area contributed by atoms with E-state index in [-0.39, 0.29) is 41.6 Å². The van der Waals surface area contributed by atoms with E-state index in [2.05, 4.69) is 20.6 Å². The van der Waals surface area contributed by atoms with E-state index in [0.717, 1.165) is 86.9 Å². The van der Waals surface area contributed by atoms with Crippen molar-refractivity contribution in [1.29, 1.82) is 0 Å². The Hall–Kier alpha value is -4.99. The molecule has 3 aromatic heterocycles. The zero-order valence-electron chi connectivity index (χ0n) is 34.8. The number of aromatic nitrogens is 5. The Bertz CT molecular complexity index is 2330. The molecule has 2 aliphatic heterocycles. The minimum atomic E-state index is -2.96. The number of unbranched alkanes of at least 4 members (excludes halogenated alkanes) is 8. The number of rotatable bonds is 17. The van der Waals surface area contributed by atoms with Crippen molar-refractivity contribution in [1.82, 2.24) is 33.9 Å². The second kappa shape index (κ2) is 18.7. The Kier molecular flexibility index (Phi) is 13.5. The Morgan fingerprint density at radius 2 is 1.67 bits per heavy atom. The number of piperidine rings is 2. The van der Waals surface area contributed by atoms with Crippen LogP contribution in [0.15, 0.2) is 40.1 Å². The zero-order chi connectivity index (χ0) is 42.6. The Balaban J connectivity index is 0.785. The normalized spacial score (nSPS) is 21.4. The van der Waals surface area contributed by atoms with Gasteiger partial charge in [0.2, 0.25) is 23.7 Å². The molecule has 3 amide bonds. The first kappa shape index (κ1) is 43.1. The third kappa shape index (κ3) is 9.32. The van der Waals surface area contributed by atoms with Crippen molar-refractivity contribution in [3.63, 3.8) is 0 Å². The maximum Gasteiger partial charge on any atom is 0.329 e. The van der Waals surface area contributed by atoms with Gasteiger partial charge in [-0.15, -0.1) is 0 Å². The Morgan fingerprint density at radius 1 is 0.967 bits per heavy atom. The molecule has 14 nitrogen and oxygen atoms in total. The Labute approximate surface area is 347 Å². The number of nitrogens with zero attached hydrogens (tertiary/aromatic N) is 6. The van der Waals surface area contributed by atoms with Gasteiger partial charge in [0.25, 0.3) is 12.0 Å². The van der Waals surface area contributed by atoms with E-state index in [4.69, 9.17) is 0 Å². The van der Waals surface area contributed by atoms with Gasteiger partial charge in [-0.05, 0) is 82.4 Å². The summed E-state index contributed by atoms with van der Waals surface area (Å²) in [4.78, 5) is 74.5. The van der Waals surface area contributed by atoms with E-state index in [0.29, 0.717) is 63.4 Å². The molecule has 4 aromatic rings. The summed E-state index contributed by atoms with van der Waals surface area (Å²) in [6.07, 6.45) is 13.1. The van der Waals surface area contributed by atoms with Crippen LogP contribution in [0.5, 0.6) is 0 Å². The lowest BCUT2D eigenvalue weighted by Gasteiger charge is -2.32. The highest BCUT2D eigenvalue weighted by Crippen LogP contribution is 2.40. The largest absolute Gasteiger partial charge is 0.388 e. The van der Waals surface area contributed by atoms with Crippen LogP contribution in [-0.2, 0) is 27.9 Å². The third-order valence-electron chi connectivity index (χ3n) is 13.0. The summed E-state index contributed by atoms with van der Waals surface area (Å²) in [5.41, 5.74) is -0.0415. The molecular weight excluding hydrogens is 775 g/mol. The molecular formula is C44H58F2N8O6. The number of fused-ring (bicyclic) bond motifs is 2. The SMILES string of the molecule is Cn1c(=O)n(C2CCC(=O)NC2=O)c2cccc(CCCCCCCCCCCC(=O)N3CCC(Nc4ncc5cc(C(F)F)c(=O)n([C@@H]6CCC[C@@]6(C)O)c5n4)CC3)c21. The molecule has 0 bridgehead atoms. The molecule has 2 saturated heterocycles. The molecule has 60 heavy (non-hydrogen) atoms. The molecule has 3 atom stereocenters. The van der Waals surface area contributed by atoms with Crippen molar-refractivity contribution in [2.45, 2.75) is 153 Å². The smallest absolute Gasteiger partial charge is 0.329 e. The fourth-order valence-corrected chi connectivity index (χ4v) is 9.59. The lowest BCUT2D eigenvalue weighted by atomic mass is 9.99. The highest BCUT2D eigenvalue weighted by Gasteiger charge is 2.40. The van der Waals surface area contributed by atoms with Crippen molar-refractivity contribution in [2.24, 2.45) is 7.05 Å². The minimum Gasteiger partial charge on any atom is -0.388 e. The third-order valence-corrected chi connectivity index (χ3v) is 13.0. The van der Waals surface area contributed by atoms with Crippen LogP contribution in [0.4, 0.5) is 14.7 Å². The van der Waals surface area contributed by atoms with Gasteiger partial charge in [0.1, 0.15) is 11.7 Å². The average Bonchev–Trinajstić information content (AvgIpc) is 3.70. The molecule has 5 heterocycles. The van der Waals surface area contributed by atoms with Crippen molar-refractivity contribution in [3.05, 3.63) is 62.4 Å². The van der Waals surface area contributed by atoms with Crippen molar-refractivity contribution < 1.29 is 28.3 Å². The molecule has 3 N–H and O–H groups in total. The number of amides is 3. The molecule has 3 aliphatic rings. The van der Waals surface area contributed by atoms with Gasteiger partial charge in [0.15, 0.2) is 0 Å². The lowest BCUT2D eigenvalue weighted by Crippen LogP contribution is -2.44. The van der Waals surface area contributed by atoms with Gasteiger partial charge in [0.05, 0.1) is 28.2 Å². The molecule has 1 aromatic carbocycles. The first-order chi connectivity index (χ1) is 28.8. The highest BCUT2D eigenvalue weighted by molar-refractivity contribution is 6.00. The molecule has 1 unspecified atom stereocenters. The van der Waals surface area contributed by atoms with Crippen molar-refractivity contribution in [2.75, 3.05) is 18.4 Å². The van der Waals surface area contributed by atoms with Crippen LogP contribution in [0, 0.1) is 0 Å². The van der Waals surface area contributed by atoms with Crippen LogP contribution >= 0.6 is 0 Å². The Morgan fingerprint density at radius 3 is 2.33 bits per heavy atom. The minimum absolute atomic E-state index is 0.00542. The molecule has 324 valence electrons. The number of carbonyl (C=O) groups excluding carboxylic acids is 3. The molecule has 0 spiro atoms. The number of nitrogens with one attached hydrogen (secondary N) is 2. The van der Waals surface area contributed by atoms with E-state index < -0.39 is 41.1 Å². The number of halogens is 2. The maximum atomic E-state index is 13.8. The second-order valence-corrected chi connectivity index (χ2v) is 17.3.